The van der Waals surface area contributed by atoms with E-state index in [0.29, 0.717) is 5.75 Å². The van der Waals surface area contributed by atoms with Crippen molar-refractivity contribution in [1.82, 2.24) is 0 Å². The molecule has 0 bridgehead atoms. The molecule has 0 amide bonds. The number of rotatable bonds is 3. The topological polar surface area (TPSA) is 0 Å². The van der Waals surface area contributed by atoms with Crippen molar-refractivity contribution in [1.29, 1.82) is 0 Å². The monoisotopic (exact) mass is 296 g/mol. The molecule has 0 atom stereocenters. The first-order valence-electron chi connectivity index (χ1n) is 4.87. The lowest BCUT2D eigenvalue weighted by Crippen LogP contribution is -1.87. The molecule has 2 aromatic rings. The molecule has 0 radical (unpaired) electrons. The average Bonchev–Trinajstić information content (AvgIpc) is 2.29. The Morgan fingerprint density at radius 1 is 1.06 bits per heavy atom. The van der Waals surface area contributed by atoms with Crippen LogP contribution < -0.4 is 0 Å². The van der Waals surface area contributed by atoms with E-state index >= 15 is 0 Å². The highest BCUT2D eigenvalue weighted by Gasteiger charge is 2.03. The minimum absolute atomic E-state index is 0.155. The summed E-state index contributed by atoms with van der Waals surface area (Å²) in [6, 6.07) is 15.2. The van der Waals surface area contributed by atoms with Gasteiger partial charge in [-0.2, -0.15) is 0 Å². The molecule has 82 valence electrons. The molecule has 0 nitrogen and oxygen atoms in total. The van der Waals surface area contributed by atoms with Crippen molar-refractivity contribution < 1.29 is 4.39 Å². The summed E-state index contributed by atoms with van der Waals surface area (Å²) in [7, 11) is 0. The second-order valence-electron chi connectivity index (χ2n) is 3.34. The van der Waals surface area contributed by atoms with Gasteiger partial charge in [0.25, 0.3) is 0 Å². The molecular weight excluding hydrogens is 287 g/mol. The number of halogens is 2. The summed E-state index contributed by atoms with van der Waals surface area (Å²) < 4.78 is 14.3. The second kappa shape index (κ2) is 5.51. The minimum Gasteiger partial charge on any atom is -0.207 e. The van der Waals surface area contributed by atoms with Crippen LogP contribution in [0.3, 0.4) is 0 Å². The highest BCUT2D eigenvalue weighted by molar-refractivity contribution is 9.10. The fourth-order valence-electron chi connectivity index (χ4n) is 1.32. The molecule has 0 saturated carbocycles. The highest BCUT2D eigenvalue weighted by Crippen LogP contribution is 2.25. The summed E-state index contributed by atoms with van der Waals surface area (Å²) in [6.07, 6.45) is 0. The van der Waals surface area contributed by atoms with Crippen molar-refractivity contribution >= 4 is 27.7 Å². The van der Waals surface area contributed by atoms with Crippen molar-refractivity contribution in [3.8, 4) is 0 Å². The Kier molecular flexibility index (Phi) is 4.02. The SMILES string of the molecule is Fc1cc(Br)ccc1CSc1ccccc1. The minimum atomic E-state index is -0.155. The summed E-state index contributed by atoms with van der Waals surface area (Å²) in [5.74, 6) is 0.501. The van der Waals surface area contributed by atoms with Crippen LogP contribution in [0.4, 0.5) is 4.39 Å². The summed E-state index contributed by atoms with van der Waals surface area (Å²) in [6.45, 7) is 0. The van der Waals surface area contributed by atoms with Gasteiger partial charge in [-0.15, -0.1) is 11.8 Å². The van der Waals surface area contributed by atoms with Crippen LogP contribution in [0.2, 0.25) is 0 Å². The Bertz CT molecular complexity index is 471. The Labute approximate surface area is 107 Å². The van der Waals surface area contributed by atoms with Crippen LogP contribution in [0.1, 0.15) is 5.56 Å². The van der Waals surface area contributed by atoms with Gasteiger partial charge in [0.15, 0.2) is 0 Å². The third-order valence-electron chi connectivity index (χ3n) is 2.15. The number of hydrogen-bond acceptors (Lipinski definition) is 1. The van der Waals surface area contributed by atoms with E-state index in [2.05, 4.69) is 15.9 Å². The fourth-order valence-corrected chi connectivity index (χ4v) is 2.56. The Morgan fingerprint density at radius 2 is 1.81 bits per heavy atom. The zero-order valence-electron chi connectivity index (χ0n) is 8.49. The molecule has 0 spiro atoms. The van der Waals surface area contributed by atoms with Crippen molar-refractivity contribution in [3.05, 3.63) is 64.4 Å². The maximum Gasteiger partial charge on any atom is 0.128 e. The third-order valence-corrected chi connectivity index (χ3v) is 3.71. The number of hydrogen-bond donors (Lipinski definition) is 0. The van der Waals surface area contributed by atoms with Crippen LogP contribution in [0.25, 0.3) is 0 Å². The second-order valence-corrected chi connectivity index (χ2v) is 5.30. The zero-order chi connectivity index (χ0) is 11.4. The van der Waals surface area contributed by atoms with E-state index in [1.165, 1.54) is 6.07 Å². The van der Waals surface area contributed by atoms with Crippen LogP contribution in [-0.4, -0.2) is 0 Å². The zero-order valence-corrected chi connectivity index (χ0v) is 10.9. The van der Waals surface area contributed by atoms with Crippen LogP contribution in [0.5, 0.6) is 0 Å². The molecule has 0 heterocycles. The van der Waals surface area contributed by atoms with Crippen LogP contribution in [-0.2, 0) is 5.75 Å². The summed E-state index contributed by atoms with van der Waals surface area (Å²) >= 11 is 4.88. The summed E-state index contributed by atoms with van der Waals surface area (Å²) in [4.78, 5) is 1.16. The fraction of sp³-hybridized carbons (Fsp3) is 0.0769. The molecule has 2 rings (SSSR count). The van der Waals surface area contributed by atoms with E-state index in [0.717, 1.165) is 14.9 Å². The summed E-state index contributed by atoms with van der Waals surface area (Å²) in [5.41, 5.74) is 0.733. The molecule has 0 fully saturated rings. The van der Waals surface area contributed by atoms with E-state index in [-0.39, 0.29) is 5.82 Å². The van der Waals surface area contributed by atoms with E-state index in [9.17, 15) is 4.39 Å². The van der Waals surface area contributed by atoms with Crippen LogP contribution in [0, 0.1) is 5.82 Å². The van der Waals surface area contributed by atoms with Crippen molar-refractivity contribution in [2.75, 3.05) is 0 Å². The molecule has 0 aliphatic carbocycles. The van der Waals surface area contributed by atoms with E-state index in [1.54, 1.807) is 11.8 Å². The highest BCUT2D eigenvalue weighted by atomic mass is 79.9. The lowest BCUT2D eigenvalue weighted by atomic mass is 10.2. The van der Waals surface area contributed by atoms with Crippen molar-refractivity contribution in [2.45, 2.75) is 10.6 Å². The predicted molar refractivity (Wildman–Crippen MR) is 70.1 cm³/mol. The van der Waals surface area contributed by atoms with Crippen LogP contribution in [0.15, 0.2) is 57.9 Å². The maximum atomic E-state index is 13.5. The van der Waals surface area contributed by atoms with Gasteiger partial charge in [-0.25, -0.2) is 4.39 Å². The van der Waals surface area contributed by atoms with E-state index in [4.69, 9.17) is 0 Å². The lowest BCUT2D eigenvalue weighted by molar-refractivity contribution is 0.616. The molecule has 0 unspecified atom stereocenters. The van der Waals surface area contributed by atoms with Gasteiger partial charge in [-0.05, 0) is 29.8 Å². The van der Waals surface area contributed by atoms with Gasteiger partial charge in [-0.1, -0.05) is 40.2 Å². The van der Waals surface area contributed by atoms with Crippen molar-refractivity contribution in [2.24, 2.45) is 0 Å². The van der Waals surface area contributed by atoms with Crippen molar-refractivity contribution in [3.63, 3.8) is 0 Å². The number of benzene rings is 2. The molecule has 0 N–H and O–H groups in total. The Balaban J connectivity index is 2.05. The predicted octanol–water partition coefficient (Wildman–Crippen LogP) is 4.88. The van der Waals surface area contributed by atoms with E-state index in [1.807, 2.05) is 42.5 Å². The first-order valence-corrected chi connectivity index (χ1v) is 6.65. The largest absolute Gasteiger partial charge is 0.207 e. The molecule has 3 heteroatoms. The molecular formula is C13H10BrFS. The van der Waals surface area contributed by atoms with Gasteiger partial charge in [0.2, 0.25) is 0 Å². The van der Waals surface area contributed by atoms with Gasteiger partial charge in [0.1, 0.15) is 5.82 Å². The van der Waals surface area contributed by atoms with Gasteiger partial charge in [0, 0.05) is 15.1 Å². The quantitative estimate of drug-likeness (QED) is 0.728. The number of thioether (sulfide) groups is 1. The molecule has 0 aromatic heterocycles. The van der Waals surface area contributed by atoms with Crippen LogP contribution >= 0.6 is 27.7 Å². The Hall–Kier alpha value is -0.800. The first-order chi connectivity index (χ1) is 7.75. The molecule has 0 aliphatic heterocycles. The molecule has 2 aromatic carbocycles. The lowest BCUT2D eigenvalue weighted by Gasteiger charge is -2.03. The van der Waals surface area contributed by atoms with Gasteiger partial charge < -0.3 is 0 Å². The van der Waals surface area contributed by atoms with Gasteiger partial charge >= 0.3 is 0 Å². The van der Waals surface area contributed by atoms with E-state index < -0.39 is 0 Å². The van der Waals surface area contributed by atoms with Gasteiger partial charge in [0.05, 0.1) is 0 Å². The smallest absolute Gasteiger partial charge is 0.128 e. The molecule has 16 heavy (non-hydrogen) atoms. The standard InChI is InChI=1S/C13H10BrFS/c14-11-7-6-10(13(15)8-11)9-16-12-4-2-1-3-5-12/h1-8H,9H2. The first kappa shape index (κ1) is 11.7. The molecule has 0 aliphatic rings. The maximum absolute atomic E-state index is 13.5. The normalized spacial score (nSPS) is 10.4. The Morgan fingerprint density at radius 3 is 2.50 bits per heavy atom. The summed E-state index contributed by atoms with van der Waals surface area (Å²) in [5, 5.41) is 0. The molecule has 0 saturated heterocycles. The average molecular weight is 297 g/mol. The third kappa shape index (κ3) is 3.09. The van der Waals surface area contributed by atoms with Gasteiger partial charge in [-0.3, -0.25) is 0 Å².